The lowest BCUT2D eigenvalue weighted by molar-refractivity contribution is -0.0893. The van der Waals surface area contributed by atoms with Crippen LogP contribution >= 0.6 is 0 Å². The summed E-state index contributed by atoms with van der Waals surface area (Å²) < 4.78 is 5.59. The Morgan fingerprint density at radius 1 is 1.44 bits per heavy atom. The largest absolute Gasteiger partial charge is 0.427 e. The van der Waals surface area contributed by atoms with Gasteiger partial charge in [0.05, 0.1) is 11.2 Å². The molecular formula is C12H19BN3O2. The molecule has 18 heavy (non-hydrogen) atoms. The van der Waals surface area contributed by atoms with Gasteiger partial charge in [0.15, 0.2) is 0 Å². The van der Waals surface area contributed by atoms with Gasteiger partial charge in [-0.15, -0.1) is 0 Å². The van der Waals surface area contributed by atoms with E-state index in [1.165, 1.54) is 7.48 Å². The number of aliphatic hydroxyl groups is 1. The fourth-order valence-corrected chi connectivity index (χ4v) is 1.05. The Labute approximate surface area is 108 Å². The number of hydrogen-bond donors (Lipinski definition) is 3. The van der Waals surface area contributed by atoms with Gasteiger partial charge in [0, 0.05) is 18.0 Å². The van der Waals surface area contributed by atoms with Crippen LogP contribution in [0.5, 0.6) is 0 Å². The van der Waals surface area contributed by atoms with Gasteiger partial charge in [-0.3, -0.25) is 0 Å². The Hall–Kier alpha value is -1.40. The Morgan fingerprint density at radius 2 is 2.06 bits per heavy atom. The molecule has 0 aromatic carbocycles. The van der Waals surface area contributed by atoms with Crippen molar-refractivity contribution in [2.24, 2.45) is 0 Å². The van der Waals surface area contributed by atoms with Crippen LogP contribution in [0.3, 0.4) is 0 Å². The van der Waals surface area contributed by atoms with Crippen molar-refractivity contribution in [3.05, 3.63) is 17.8 Å². The van der Waals surface area contributed by atoms with Gasteiger partial charge in [0.2, 0.25) is 0 Å². The third kappa shape index (κ3) is 3.30. The Morgan fingerprint density at radius 3 is 2.56 bits per heavy atom. The molecule has 1 aromatic heterocycles. The average molecular weight is 248 g/mol. The smallest absolute Gasteiger partial charge is 0.332 e. The molecule has 0 unspecified atom stereocenters. The molecular weight excluding hydrogens is 229 g/mol. The maximum atomic E-state index is 9.95. The Bertz CT molecular complexity index is 441. The number of anilines is 1. The van der Waals surface area contributed by atoms with Gasteiger partial charge >= 0.3 is 7.48 Å². The van der Waals surface area contributed by atoms with Crippen LogP contribution in [0.25, 0.3) is 0 Å². The highest BCUT2D eigenvalue weighted by molar-refractivity contribution is 6.47. The summed E-state index contributed by atoms with van der Waals surface area (Å²) in [6.07, 6.45) is 2.70. The molecule has 1 radical (unpaired) electrons. The average Bonchev–Trinajstić information content (AvgIpc) is 2.26. The van der Waals surface area contributed by atoms with Crippen LogP contribution in [0.2, 0.25) is 0 Å². The van der Waals surface area contributed by atoms with Crippen molar-refractivity contribution in [1.82, 2.24) is 4.98 Å². The van der Waals surface area contributed by atoms with E-state index < -0.39 is 11.2 Å². The third-order valence-electron chi connectivity index (χ3n) is 3.09. The zero-order chi connectivity index (χ0) is 14.0. The number of nitrogens with one attached hydrogen (secondary N) is 1. The minimum atomic E-state index is -0.977. The van der Waals surface area contributed by atoms with Crippen LogP contribution in [-0.2, 0) is 4.65 Å². The van der Waals surface area contributed by atoms with Crippen LogP contribution in [0.1, 0.15) is 33.3 Å². The van der Waals surface area contributed by atoms with Gasteiger partial charge in [-0.1, -0.05) is 6.07 Å². The lowest BCUT2D eigenvalue weighted by Crippen LogP contribution is -2.49. The van der Waals surface area contributed by atoms with E-state index in [1.54, 1.807) is 40.0 Å². The minimum Gasteiger partial charge on any atom is -0.427 e. The SMILES string of the molecule is CC(C)(O)C(C)(C)O[B]c1cnc(N)c(C=N)c1. The maximum Gasteiger partial charge on any atom is 0.332 e. The zero-order valence-corrected chi connectivity index (χ0v) is 11.2. The molecule has 4 N–H and O–H groups in total. The monoisotopic (exact) mass is 248 g/mol. The predicted octanol–water partition coefficient (Wildman–Crippen LogP) is 0.472. The van der Waals surface area contributed by atoms with Gasteiger partial charge < -0.3 is 20.9 Å². The molecule has 0 bridgehead atoms. The first kappa shape index (κ1) is 14.7. The Balaban J connectivity index is 2.78. The van der Waals surface area contributed by atoms with Crippen molar-refractivity contribution in [3.63, 3.8) is 0 Å². The van der Waals surface area contributed by atoms with E-state index in [1.807, 2.05) is 0 Å². The fraction of sp³-hybridized carbons (Fsp3) is 0.500. The van der Waals surface area contributed by atoms with E-state index in [2.05, 4.69) is 4.98 Å². The van der Waals surface area contributed by atoms with E-state index in [0.717, 1.165) is 6.21 Å². The second kappa shape index (κ2) is 5.08. The first-order valence-electron chi connectivity index (χ1n) is 5.67. The molecule has 0 aliphatic carbocycles. The van der Waals surface area contributed by atoms with Crippen molar-refractivity contribution >= 4 is 25.0 Å². The van der Waals surface area contributed by atoms with Crippen molar-refractivity contribution in [2.75, 3.05) is 5.73 Å². The molecule has 5 nitrogen and oxygen atoms in total. The molecule has 1 rings (SSSR count). The zero-order valence-electron chi connectivity index (χ0n) is 11.2. The number of nitrogen functional groups attached to an aromatic ring is 1. The first-order valence-corrected chi connectivity index (χ1v) is 5.67. The van der Waals surface area contributed by atoms with Gasteiger partial charge in [0.1, 0.15) is 5.82 Å². The standard InChI is InChI=1S/C12H19BN3O2/c1-11(2,17)12(3,4)18-13-9-5-8(6-14)10(15)16-7-9/h5-7,14,17H,1-4H3,(H2,15,16). The summed E-state index contributed by atoms with van der Waals surface area (Å²) in [5, 5.41) is 17.1. The molecule has 0 atom stereocenters. The van der Waals surface area contributed by atoms with Crippen molar-refractivity contribution in [2.45, 2.75) is 38.9 Å². The van der Waals surface area contributed by atoms with Gasteiger partial charge in [-0.05, 0) is 33.2 Å². The number of nitrogens with zero attached hydrogens (tertiary/aromatic N) is 1. The molecule has 0 saturated carbocycles. The minimum absolute atomic E-state index is 0.309. The molecule has 1 aromatic rings. The van der Waals surface area contributed by atoms with Gasteiger partial charge in [-0.2, -0.15) is 0 Å². The normalized spacial score (nSPS) is 12.3. The van der Waals surface area contributed by atoms with Crippen LogP contribution in [0.4, 0.5) is 5.82 Å². The van der Waals surface area contributed by atoms with E-state index >= 15 is 0 Å². The van der Waals surface area contributed by atoms with Crippen molar-refractivity contribution in [3.8, 4) is 0 Å². The highest BCUT2D eigenvalue weighted by Gasteiger charge is 2.35. The first-order chi connectivity index (χ1) is 8.17. The highest BCUT2D eigenvalue weighted by atomic mass is 16.5. The topological polar surface area (TPSA) is 92.2 Å². The van der Waals surface area contributed by atoms with Crippen LogP contribution in [0.15, 0.2) is 12.3 Å². The van der Waals surface area contributed by atoms with E-state index in [-0.39, 0.29) is 0 Å². The summed E-state index contributed by atoms with van der Waals surface area (Å²) in [5.74, 6) is 0.309. The van der Waals surface area contributed by atoms with Crippen molar-refractivity contribution in [1.29, 1.82) is 5.41 Å². The number of nitrogens with two attached hydrogens (primary N) is 1. The summed E-state index contributed by atoms with van der Waals surface area (Å²) in [4.78, 5) is 3.97. The van der Waals surface area contributed by atoms with Gasteiger partial charge in [0.25, 0.3) is 0 Å². The highest BCUT2D eigenvalue weighted by Crippen LogP contribution is 2.24. The second-order valence-corrected chi connectivity index (χ2v) is 5.19. The maximum absolute atomic E-state index is 9.95. The van der Waals surface area contributed by atoms with Crippen molar-refractivity contribution < 1.29 is 9.76 Å². The molecule has 0 amide bonds. The predicted molar refractivity (Wildman–Crippen MR) is 73.4 cm³/mol. The summed E-state index contributed by atoms with van der Waals surface area (Å²) in [6.45, 7) is 6.97. The van der Waals surface area contributed by atoms with Crippen LogP contribution < -0.4 is 11.2 Å². The number of aromatic nitrogens is 1. The quantitative estimate of drug-likeness (QED) is 0.521. The number of hydrogen-bond acceptors (Lipinski definition) is 5. The second-order valence-electron chi connectivity index (χ2n) is 5.19. The summed E-state index contributed by atoms with van der Waals surface area (Å²) in [5.41, 5.74) is 5.11. The lowest BCUT2D eigenvalue weighted by atomic mass is 9.83. The van der Waals surface area contributed by atoms with E-state index in [4.69, 9.17) is 15.8 Å². The molecule has 0 saturated heterocycles. The molecule has 1 heterocycles. The lowest BCUT2D eigenvalue weighted by Gasteiger charge is -2.37. The number of pyridine rings is 1. The molecule has 6 heteroatoms. The van der Waals surface area contributed by atoms with Gasteiger partial charge in [-0.25, -0.2) is 4.98 Å². The summed E-state index contributed by atoms with van der Waals surface area (Å²) >= 11 is 0. The summed E-state index contributed by atoms with van der Waals surface area (Å²) in [7, 11) is 1.51. The third-order valence-corrected chi connectivity index (χ3v) is 3.09. The van der Waals surface area contributed by atoms with Crippen LogP contribution in [-0.4, -0.2) is 35.0 Å². The number of rotatable bonds is 5. The molecule has 0 aliphatic heterocycles. The van der Waals surface area contributed by atoms with E-state index in [9.17, 15) is 5.11 Å². The molecule has 0 spiro atoms. The molecule has 0 fully saturated rings. The van der Waals surface area contributed by atoms with E-state index in [0.29, 0.717) is 16.8 Å². The molecule has 0 aliphatic rings. The van der Waals surface area contributed by atoms with Crippen LogP contribution in [0, 0.1) is 5.41 Å². The molecule has 97 valence electrons. The summed E-state index contributed by atoms with van der Waals surface area (Å²) in [6, 6.07) is 1.70. The fourth-order valence-electron chi connectivity index (χ4n) is 1.05. The Kier molecular flexibility index (Phi) is 4.14.